The third kappa shape index (κ3) is 3.70. The molecule has 3 atom stereocenters. The SMILES string of the molecule is CC1(C)O[C@@H]2[C@@H](CS[C@H]2c2cnc3c(NCc4cccc(Cl)c4)nc(Cl)cn23)O1. The summed E-state index contributed by atoms with van der Waals surface area (Å²) < 4.78 is 14.2. The van der Waals surface area contributed by atoms with E-state index in [1.54, 1.807) is 6.20 Å². The Morgan fingerprint density at radius 2 is 2.17 bits per heavy atom. The van der Waals surface area contributed by atoms with E-state index in [0.717, 1.165) is 22.7 Å². The van der Waals surface area contributed by atoms with Crippen LogP contribution in [-0.2, 0) is 16.0 Å². The number of thioether (sulfide) groups is 1. The van der Waals surface area contributed by atoms with Crippen LogP contribution in [0.1, 0.15) is 30.4 Å². The molecule has 2 aliphatic rings. The molecule has 9 heteroatoms. The van der Waals surface area contributed by atoms with E-state index in [-0.39, 0.29) is 17.5 Å². The first kappa shape index (κ1) is 19.5. The first-order valence-electron chi connectivity index (χ1n) is 9.39. The van der Waals surface area contributed by atoms with E-state index >= 15 is 0 Å². The average molecular weight is 451 g/mol. The Kier molecular flexibility index (Phi) is 4.91. The van der Waals surface area contributed by atoms with E-state index in [1.165, 1.54) is 0 Å². The minimum Gasteiger partial charge on any atom is -0.363 e. The molecule has 3 aromatic rings. The number of nitrogens with zero attached hydrogens (tertiary/aromatic N) is 3. The Labute approximate surface area is 182 Å². The summed E-state index contributed by atoms with van der Waals surface area (Å²) in [5, 5.41) is 4.55. The number of hydrogen-bond acceptors (Lipinski definition) is 6. The molecule has 0 radical (unpaired) electrons. The lowest BCUT2D eigenvalue weighted by molar-refractivity contribution is -0.145. The fraction of sp³-hybridized carbons (Fsp3) is 0.400. The van der Waals surface area contributed by atoms with E-state index < -0.39 is 5.79 Å². The van der Waals surface area contributed by atoms with E-state index in [2.05, 4.69) is 15.3 Å². The predicted molar refractivity (Wildman–Crippen MR) is 116 cm³/mol. The van der Waals surface area contributed by atoms with Gasteiger partial charge in [-0.15, -0.1) is 11.8 Å². The van der Waals surface area contributed by atoms with Gasteiger partial charge in [-0.05, 0) is 31.5 Å². The van der Waals surface area contributed by atoms with Crippen molar-refractivity contribution in [1.29, 1.82) is 0 Å². The van der Waals surface area contributed by atoms with Crippen LogP contribution in [0.4, 0.5) is 5.82 Å². The summed E-state index contributed by atoms with van der Waals surface area (Å²) in [6.07, 6.45) is 3.76. The van der Waals surface area contributed by atoms with Gasteiger partial charge in [0.1, 0.15) is 11.3 Å². The lowest BCUT2D eigenvalue weighted by atomic mass is 10.1. The minimum absolute atomic E-state index is 0.00953. The van der Waals surface area contributed by atoms with E-state index in [0.29, 0.717) is 22.5 Å². The summed E-state index contributed by atoms with van der Waals surface area (Å²) in [5.74, 6) is 0.968. The van der Waals surface area contributed by atoms with Gasteiger partial charge in [-0.3, -0.25) is 4.40 Å². The smallest absolute Gasteiger partial charge is 0.180 e. The van der Waals surface area contributed by atoms with Gasteiger partial charge in [0.05, 0.1) is 23.2 Å². The van der Waals surface area contributed by atoms with Gasteiger partial charge >= 0.3 is 0 Å². The second-order valence-electron chi connectivity index (χ2n) is 7.66. The summed E-state index contributed by atoms with van der Waals surface area (Å²) in [6.45, 7) is 4.49. The fourth-order valence-electron chi connectivity index (χ4n) is 3.93. The van der Waals surface area contributed by atoms with Crippen molar-refractivity contribution in [3.63, 3.8) is 0 Å². The molecular formula is C20H20Cl2N4O2S. The molecule has 29 heavy (non-hydrogen) atoms. The number of hydrogen-bond donors (Lipinski definition) is 1. The van der Waals surface area contributed by atoms with Crippen LogP contribution in [-0.4, -0.2) is 38.1 Å². The zero-order valence-electron chi connectivity index (χ0n) is 15.9. The molecule has 2 aliphatic heterocycles. The molecule has 2 aromatic heterocycles. The van der Waals surface area contributed by atoms with Gasteiger partial charge < -0.3 is 14.8 Å². The lowest BCUT2D eigenvalue weighted by Gasteiger charge is -2.21. The normalized spacial score (nSPS) is 25.4. The second kappa shape index (κ2) is 7.32. The Morgan fingerprint density at radius 1 is 1.31 bits per heavy atom. The summed E-state index contributed by atoms with van der Waals surface area (Å²) in [6, 6.07) is 7.70. The van der Waals surface area contributed by atoms with Crippen LogP contribution in [0.3, 0.4) is 0 Å². The maximum Gasteiger partial charge on any atom is 0.180 e. The van der Waals surface area contributed by atoms with Crippen LogP contribution in [0.5, 0.6) is 0 Å². The molecule has 0 saturated carbocycles. The summed E-state index contributed by atoms with van der Waals surface area (Å²) in [5.41, 5.74) is 2.82. The van der Waals surface area contributed by atoms with Gasteiger partial charge in [-0.1, -0.05) is 35.3 Å². The number of ether oxygens (including phenoxy) is 2. The highest BCUT2D eigenvalue weighted by atomic mass is 35.5. The van der Waals surface area contributed by atoms with Gasteiger partial charge in [0.25, 0.3) is 0 Å². The number of fused-ring (bicyclic) bond motifs is 2. The van der Waals surface area contributed by atoms with Gasteiger partial charge in [-0.2, -0.15) is 0 Å². The van der Waals surface area contributed by atoms with Crippen molar-refractivity contribution in [3.05, 3.63) is 58.1 Å². The number of aromatic nitrogens is 3. The monoisotopic (exact) mass is 450 g/mol. The minimum atomic E-state index is -0.558. The van der Waals surface area contributed by atoms with Crippen molar-refractivity contribution in [2.24, 2.45) is 0 Å². The summed E-state index contributed by atoms with van der Waals surface area (Å²) in [4.78, 5) is 9.07. The number of anilines is 1. The number of nitrogens with one attached hydrogen (secondary N) is 1. The topological polar surface area (TPSA) is 60.7 Å². The second-order valence-corrected chi connectivity index (χ2v) is 9.66. The molecule has 0 aliphatic carbocycles. The Hall–Kier alpha value is -1.51. The maximum absolute atomic E-state index is 6.34. The molecular weight excluding hydrogens is 431 g/mol. The van der Waals surface area contributed by atoms with Gasteiger partial charge in [0.2, 0.25) is 0 Å². The predicted octanol–water partition coefficient (Wildman–Crippen LogP) is 4.96. The highest BCUT2D eigenvalue weighted by molar-refractivity contribution is 7.99. The molecule has 5 rings (SSSR count). The molecule has 6 nitrogen and oxygen atoms in total. The average Bonchev–Trinajstić information content (AvgIpc) is 3.31. The van der Waals surface area contributed by atoms with Crippen LogP contribution in [0.15, 0.2) is 36.7 Å². The van der Waals surface area contributed by atoms with Crippen LogP contribution in [0.2, 0.25) is 10.2 Å². The van der Waals surface area contributed by atoms with Crippen molar-refractivity contribution >= 4 is 46.4 Å². The molecule has 2 fully saturated rings. The van der Waals surface area contributed by atoms with E-state index in [9.17, 15) is 0 Å². The third-order valence-electron chi connectivity index (χ3n) is 5.09. The molecule has 1 aromatic carbocycles. The van der Waals surface area contributed by atoms with Gasteiger partial charge in [-0.25, -0.2) is 9.97 Å². The highest BCUT2D eigenvalue weighted by Gasteiger charge is 2.50. The molecule has 4 heterocycles. The van der Waals surface area contributed by atoms with Crippen molar-refractivity contribution in [2.75, 3.05) is 11.1 Å². The first-order valence-corrected chi connectivity index (χ1v) is 11.2. The maximum atomic E-state index is 6.34. The molecule has 152 valence electrons. The molecule has 0 amide bonds. The molecule has 0 spiro atoms. The summed E-state index contributed by atoms with van der Waals surface area (Å²) in [7, 11) is 0. The first-order chi connectivity index (χ1) is 13.9. The number of rotatable bonds is 4. The Morgan fingerprint density at radius 3 is 3.00 bits per heavy atom. The highest BCUT2D eigenvalue weighted by Crippen LogP contribution is 2.49. The van der Waals surface area contributed by atoms with Crippen LogP contribution in [0.25, 0.3) is 5.65 Å². The third-order valence-corrected chi connectivity index (χ3v) is 6.90. The number of halogens is 2. The Bertz CT molecular complexity index is 1070. The van der Waals surface area contributed by atoms with Crippen molar-refractivity contribution < 1.29 is 9.47 Å². The van der Waals surface area contributed by atoms with Gasteiger partial charge in [0.15, 0.2) is 17.3 Å². The van der Waals surface area contributed by atoms with Crippen LogP contribution >= 0.6 is 35.0 Å². The zero-order chi connectivity index (χ0) is 20.2. The van der Waals surface area contributed by atoms with Crippen LogP contribution in [0, 0.1) is 0 Å². The van der Waals surface area contributed by atoms with E-state index in [1.807, 2.05) is 60.5 Å². The lowest BCUT2D eigenvalue weighted by Crippen LogP contribution is -2.24. The van der Waals surface area contributed by atoms with Crippen molar-refractivity contribution in [1.82, 2.24) is 14.4 Å². The van der Waals surface area contributed by atoms with Gasteiger partial charge in [0, 0.05) is 23.5 Å². The molecule has 1 N–H and O–H groups in total. The van der Waals surface area contributed by atoms with Crippen molar-refractivity contribution in [3.8, 4) is 0 Å². The van der Waals surface area contributed by atoms with E-state index in [4.69, 9.17) is 32.7 Å². The van der Waals surface area contributed by atoms with Crippen molar-refractivity contribution in [2.45, 2.75) is 43.6 Å². The zero-order valence-corrected chi connectivity index (χ0v) is 18.3. The number of benzene rings is 1. The Balaban J connectivity index is 1.45. The van der Waals surface area contributed by atoms with Crippen LogP contribution < -0.4 is 5.32 Å². The quantitative estimate of drug-likeness (QED) is 0.606. The summed E-state index contributed by atoms with van der Waals surface area (Å²) >= 11 is 14.2. The molecule has 0 unspecified atom stereocenters. The largest absolute Gasteiger partial charge is 0.363 e. The molecule has 2 saturated heterocycles. The molecule has 0 bridgehead atoms. The number of imidazole rings is 1. The standard InChI is InChI=1S/C20H20Cl2N4O2S/c1-20(2)27-14-10-29-17(16(14)28-20)13-8-24-19-18(25-15(22)9-26(13)19)23-7-11-4-3-5-12(21)6-11/h3-6,8-9,14,16-17H,7,10H2,1-2H3,(H,23,25)/t14-,16-,17+/m1/s1. The fourth-order valence-corrected chi connectivity index (χ4v) is 5.75.